The summed E-state index contributed by atoms with van der Waals surface area (Å²) in [5, 5.41) is 3.07. The van der Waals surface area contributed by atoms with E-state index in [4.69, 9.17) is 16.3 Å². The Morgan fingerprint density at radius 2 is 2.00 bits per heavy atom. The lowest BCUT2D eigenvalue weighted by molar-refractivity contribution is 0.387. The molecule has 0 atom stereocenters. The quantitative estimate of drug-likeness (QED) is 0.906. The first kappa shape index (κ1) is 13.6. The molecule has 0 spiro atoms. The largest absolute Gasteiger partial charge is 0.494 e. The highest BCUT2D eigenvalue weighted by atomic mass is 35.5. The summed E-state index contributed by atoms with van der Waals surface area (Å²) >= 11 is 5.69. The summed E-state index contributed by atoms with van der Waals surface area (Å²) in [7, 11) is 1.39. The second-order valence-corrected chi connectivity index (χ2v) is 4.32. The third-order valence-corrected chi connectivity index (χ3v) is 2.96. The van der Waals surface area contributed by atoms with Crippen LogP contribution < -0.4 is 10.1 Å². The number of anilines is 1. The molecule has 0 unspecified atom stereocenters. The molecule has 2 aromatic rings. The van der Waals surface area contributed by atoms with Crippen molar-refractivity contribution in [1.82, 2.24) is 0 Å². The Hall–Kier alpha value is -1.81. The molecule has 0 aliphatic rings. The second kappa shape index (κ2) is 5.89. The van der Waals surface area contributed by atoms with Gasteiger partial charge in [-0.05, 0) is 18.2 Å². The van der Waals surface area contributed by atoms with Gasteiger partial charge in [0.1, 0.15) is 5.82 Å². The predicted molar refractivity (Wildman–Crippen MR) is 71.7 cm³/mol. The van der Waals surface area contributed by atoms with E-state index in [9.17, 15) is 8.78 Å². The smallest absolute Gasteiger partial charge is 0.165 e. The highest BCUT2D eigenvalue weighted by Gasteiger charge is 2.07. The van der Waals surface area contributed by atoms with Gasteiger partial charge in [0, 0.05) is 23.9 Å². The average Bonchev–Trinajstić information content (AvgIpc) is 2.42. The van der Waals surface area contributed by atoms with Gasteiger partial charge in [-0.2, -0.15) is 0 Å². The summed E-state index contributed by atoms with van der Waals surface area (Å²) in [6.45, 7) is 0.251. The summed E-state index contributed by atoms with van der Waals surface area (Å²) in [6.07, 6.45) is 0. The molecule has 0 bridgehead atoms. The van der Waals surface area contributed by atoms with Crippen molar-refractivity contribution in [3.05, 3.63) is 58.6 Å². The number of methoxy groups -OCH3 is 1. The molecule has 0 fully saturated rings. The topological polar surface area (TPSA) is 21.3 Å². The molecule has 0 saturated carbocycles. The van der Waals surface area contributed by atoms with Gasteiger partial charge in [0.05, 0.1) is 12.1 Å². The molecule has 0 aliphatic heterocycles. The van der Waals surface area contributed by atoms with Crippen LogP contribution in [-0.4, -0.2) is 7.11 Å². The Labute approximate surface area is 115 Å². The van der Waals surface area contributed by atoms with Crippen molar-refractivity contribution < 1.29 is 13.5 Å². The normalized spacial score (nSPS) is 10.3. The molecule has 1 N–H and O–H groups in total. The maximum Gasteiger partial charge on any atom is 0.165 e. The fourth-order valence-electron chi connectivity index (χ4n) is 1.65. The summed E-state index contributed by atoms with van der Waals surface area (Å²) in [6, 6.07) is 9.15. The van der Waals surface area contributed by atoms with Crippen LogP contribution in [0.25, 0.3) is 0 Å². The SMILES string of the molecule is COc1cc(NCc2cccc(Cl)c2F)ccc1F. The van der Waals surface area contributed by atoms with Gasteiger partial charge in [-0.25, -0.2) is 8.78 Å². The Bertz CT molecular complexity index is 590. The van der Waals surface area contributed by atoms with Crippen LogP contribution in [0.1, 0.15) is 5.56 Å². The molecule has 19 heavy (non-hydrogen) atoms. The van der Waals surface area contributed by atoms with E-state index < -0.39 is 11.6 Å². The molecule has 0 aromatic heterocycles. The van der Waals surface area contributed by atoms with Gasteiger partial charge in [0.25, 0.3) is 0 Å². The fraction of sp³-hybridized carbons (Fsp3) is 0.143. The minimum atomic E-state index is -0.453. The third kappa shape index (κ3) is 3.15. The van der Waals surface area contributed by atoms with Crippen LogP contribution in [0.2, 0.25) is 5.02 Å². The molecule has 2 nitrogen and oxygen atoms in total. The van der Waals surface area contributed by atoms with E-state index in [0.29, 0.717) is 11.3 Å². The highest BCUT2D eigenvalue weighted by Crippen LogP contribution is 2.23. The Morgan fingerprint density at radius 3 is 2.74 bits per heavy atom. The molecule has 5 heteroatoms. The number of rotatable bonds is 4. The van der Waals surface area contributed by atoms with Crippen molar-refractivity contribution in [3.63, 3.8) is 0 Å². The zero-order valence-corrected chi connectivity index (χ0v) is 11.0. The minimum absolute atomic E-state index is 0.0796. The molecule has 2 rings (SSSR count). The third-order valence-electron chi connectivity index (χ3n) is 2.67. The van der Waals surface area contributed by atoms with Crippen LogP contribution in [0, 0.1) is 11.6 Å². The van der Waals surface area contributed by atoms with Crippen LogP contribution in [0.5, 0.6) is 5.75 Å². The van der Waals surface area contributed by atoms with E-state index >= 15 is 0 Å². The summed E-state index contributed by atoms with van der Waals surface area (Å²) < 4.78 is 31.7. The van der Waals surface area contributed by atoms with E-state index in [2.05, 4.69) is 5.32 Å². The van der Waals surface area contributed by atoms with E-state index in [1.54, 1.807) is 18.2 Å². The number of benzene rings is 2. The van der Waals surface area contributed by atoms with Crippen LogP contribution >= 0.6 is 11.6 Å². The van der Waals surface area contributed by atoms with Crippen molar-refractivity contribution >= 4 is 17.3 Å². The summed E-state index contributed by atoms with van der Waals surface area (Å²) in [5.74, 6) is -0.760. The fourth-order valence-corrected chi connectivity index (χ4v) is 1.85. The van der Waals surface area contributed by atoms with Gasteiger partial charge in [-0.3, -0.25) is 0 Å². The van der Waals surface area contributed by atoms with Gasteiger partial charge >= 0.3 is 0 Å². The van der Waals surface area contributed by atoms with Crippen molar-refractivity contribution in [2.75, 3.05) is 12.4 Å². The van der Waals surface area contributed by atoms with Crippen LogP contribution in [0.15, 0.2) is 36.4 Å². The first-order valence-corrected chi connectivity index (χ1v) is 6.00. The predicted octanol–water partition coefficient (Wildman–Crippen LogP) is 4.24. The number of hydrogen-bond acceptors (Lipinski definition) is 2. The molecule has 100 valence electrons. The van der Waals surface area contributed by atoms with Crippen molar-refractivity contribution in [3.8, 4) is 5.75 Å². The van der Waals surface area contributed by atoms with Crippen molar-refractivity contribution in [2.24, 2.45) is 0 Å². The minimum Gasteiger partial charge on any atom is -0.494 e. The van der Waals surface area contributed by atoms with E-state index in [1.807, 2.05) is 0 Å². The van der Waals surface area contributed by atoms with E-state index in [1.165, 1.54) is 25.3 Å². The second-order valence-electron chi connectivity index (χ2n) is 3.92. The Morgan fingerprint density at radius 1 is 1.21 bits per heavy atom. The van der Waals surface area contributed by atoms with Gasteiger partial charge in [0.15, 0.2) is 11.6 Å². The molecule has 0 radical (unpaired) electrons. The zero-order chi connectivity index (χ0) is 13.8. The number of hydrogen-bond donors (Lipinski definition) is 1. The standard InChI is InChI=1S/C14H12ClF2NO/c1-19-13-7-10(5-6-12(13)16)18-8-9-3-2-4-11(15)14(9)17/h2-7,18H,8H2,1H3. The van der Waals surface area contributed by atoms with Crippen LogP contribution in [0.4, 0.5) is 14.5 Å². The maximum atomic E-state index is 13.7. The lowest BCUT2D eigenvalue weighted by Gasteiger charge is -2.10. The zero-order valence-electron chi connectivity index (χ0n) is 10.2. The van der Waals surface area contributed by atoms with Crippen molar-refractivity contribution in [2.45, 2.75) is 6.54 Å². The number of ether oxygens (including phenoxy) is 1. The van der Waals surface area contributed by atoms with E-state index in [0.717, 1.165) is 0 Å². The molecular weight excluding hydrogens is 272 g/mol. The van der Waals surface area contributed by atoms with Gasteiger partial charge in [-0.1, -0.05) is 23.7 Å². The maximum absolute atomic E-state index is 13.7. The number of nitrogens with one attached hydrogen (secondary N) is 1. The molecule has 0 aliphatic carbocycles. The first-order valence-electron chi connectivity index (χ1n) is 5.62. The highest BCUT2D eigenvalue weighted by molar-refractivity contribution is 6.30. The van der Waals surface area contributed by atoms with Gasteiger partial charge in [-0.15, -0.1) is 0 Å². The average molecular weight is 284 g/mol. The lowest BCUT2D eigenvalue weighted by Crippen LogP contribution is -2.02. The van der Waals surface area contributed by atoms with Crippen molar-refractivity contribution in [1.29, 1.82) is 0 Å². The Balaban J connectivity index is 2.12. The van der Waals surface area contributed by atoms with Crippen LogP contribution in [0.3, 0.4) is 0 Å². The molecule has 2 aromatic carbocycles. The van der Waals surface area contributed by atoms with Gasteiger partial charge in [0.2, 0.25) is 0 Å². The lowest BCUT2D eigenvalue weighted by atomic mass is 10.2. The molecule has 0 amide bonds. The molecular formula is C14H12ClF2NO. The molecule has 0 saturated heterocycles. The summed E-state index contributed by atoms with van der Waals surface area (Å²) in [5.41, 5.74) is 1.08. The molecule has 0 heterocycles. The monoisotopic (exact) mass is 283 g/mol. The van der Waals surface area contributed by atoms with Gasteiger partial charge < -0.3 is 10.1 Å². The summed E-state index contributed by atoms with van der Waals surface area (Å²) in [4.78, 5) is 0. The van der Waals surface area contributed by atoms with E-state index in [-0.39, 0.29) is 17.3 Å². The number of halogens is 3. The Kier molecular flexibility index (Phi) is 4.22. The van der Waals surface area contributed by atoms with Crippen LogP contribution in [-0.2, 0) is 6.54 Å². The first-order chi connectivity index (χ1) is 9.11.